The van der Waals surface area contributed by atoms with Gasteiger partial charge in [0, 0.05) is 36.7 Å². The van der Waals surface area contributed by atoms with E-state index in [2.05, 4.69) is 21.2 Å². The lowest BCUT2D eigenvalue weighted by molar-refractivity contribution is 0.476. The van der Waals surface area contributed by atoms with Crippen LogP contribution in [-0.2, 0) is 0 Å². The second-order valence-electron chi connectivity index (χ2n) is 7.27. The van der Waals surface area contributed by atoms with Crippen LogP contribution in [0.5, 0.6) is 5.75 Å². The summed E-state index contributed by atoms with van der Waals surface area (Å²) in [5, 5.41) is 22.5. The molecule has 1 aromatic heterocycles. The van der Waals surface area contributed by atoms with Gasteiger partial charge in [-0.15, -0.1) is 0 Å². The first-order chi connectivity index (χ1) is 13.8. The zero-order chi connectivity index (χ0) is 18.9. The van der Waals surface area contributed by atoms with Crippen LogP contribution in [0.1, 0.15) is 17.9 Å². The van der Waals surface area contributed by atoms with E-state index < -0.39 is 0 Å². The van der Waals surface area contributed by atoms with Crippen LogP contribution < -0.4 is 16.1 Å². The van der Waals surface area contributed by atoms with Gasteiger partial charge in [0.25, 0.3) is 0 Å². The van der Waals surface area contributed by atoms with Gasteiger partial charge in [0.2, 0.25) is 0 Å². The number of anilines is 1. The monoisotopic (exact) mass is 374 g/mol. The van der Waals surface area contributed by atoms with Gasteiger partial charge >= 0.3 is 0 Å². The van der Waals surface area contributed by atoms with E-state index in [1.165, 1.54) is 0 Å². The molecule has 0 radical (unpaired) electrons. The van der Waals surface area contributed by atoms with Gasteiger partial charge in [-0.25, -0.2) is 9.97 Å². The van der Waals surface area contributed by atoms with Crippen molar-refractivity contribution in [3.05, 3.63) is 48.0 Å². The molecule has 0 bridgehead atoms. The number of benzene rings is 2. The summed E-state index contributed by atoms with van der Waals surface area (Å²) in [6.45, 7) is 2.68. The molecule has 1 unspecified atom stereocenters. The molecule has 2 aliphatic rings. The third-order valence-electron chi connectivity index (χ3n) is 5.35. The van der Waals surface area contributed by atoms with Crippen LogP contribution in [0.4, 0.5) is 5.82 Å². The van der Waals surface area contributed by atoms with E-state index in [1.807, 2.05) is 42.6 Å². The number of hydrazone groups is 1. The zero-order valence-corrected chi connectivity index (χ0v) is 15.4. The molecule has 0 amide bonds. The van der Waals surface area contributed by atoms with E-state index >= 15 is 0 Å². The Morgan fingerprint density at radius 1 is 1.07 bits per heavy atom. The van der Waals surface area contributed by atoms with E-state index in [-0.39, 0.29) is 11.7 Å². The van der Waals surface area contributed by atoms with Crippen molar-refractivity contribution in [2.24, 2.45) is 5.10 Å². The minimum atomic E-state index is 0.176. The molecule has 1 saturated heterocycles. The van der Waals surface area contributed by atoms with Crippen molar-refractivity contribution in [3.8, 4) is 17.1 Å². The lowest BCUT2D eigenvalue weighted by Crippen LogP contribution is -2.23. The molecule has 142 valence electrons. The van der Waals surface area contributed by atoms with Gasteiger partial charge < -0.3 is 21.2 Å². The molecule has 2 atom stereocenters. The fourth-order valence-corrected chi connectivity index (χ4v) is 3.79. The number of aromatic nitrogens is 2. The van der Waals surface area contributed by atoms with Gasteiger partial charge in [0.05, 0.1) is 11.1 Å². The number of aromatic hydroxyl groups is 1. The highest BCUT2D eigenvalue weighted by atomic mass is 16.3. The fourth-order valence-electron chi connectivity index (χ4n) is 3.79. The highest BCUT2D eigenvalue weighted by Crippen LogP contribution is 2.33. The Morgan fingerprint density at radius 3 is 2.82 bits per heavy atom. The van der Waals surface area contributed by atoms with Crippen LogP contribution in [0, 0.1) is 0 Å². The number of nitrogens with one attached hydrogen (secondary N) is 3. The highest BCUT2D eigenvalue weighted by molar-refractivity contribution is 5.91. The first-order valence-corrected chi connectivity index (χ1v) is 9.61. The van der Waals surface area contributed by atoms with Crippen LogP contribution in [0.25, 0.3) is 22.3 Å². The Morgan fingerprint density at radius 2 is 2.00 bits per heavy atom. The van der Waals surface area contributed by atoms with Crippen LogP contribution in [0.15, 0.2) is 47.6 Å². The molecule has 3 heterocycles. The quantitative estimate of drug-likeness (QED) is 0.560. The van der Waals surface area contributed by atoms with E-state index in [1.54, 1.807) is 6.07 Å². The molecule has 4 N–H and O–H groups in total. The first kappa shape index (κ1) is 16.9. The summed E-state index contributed by atoms with van der Waals surface area (Å²) >= 11 is 0. The number of rotatable bonds is 4. The number of hydrogen-bond donors (Lipinski definition) is 4. The molecule has 5 rings (SSSR count). The summed E-state index contributed by atoms with van der Waals surface area (Å²) in [6, 6.07) is 13.9. The molecule has 0 spiro atoms. The molecular weight excluding hydrogens is 352 g/mol. The predicted octanol–water partition coefficient (Wildman–Crippen LogP) is 2.45. The maximum atomic E-state index is 10.5. The molecule has 0 saturated carbocycles. The zero-order valence-electron chi connectivity index (χ0n) is 15.4. The minimum Gasteiger partial charge on any atom is -0.507 e. The lowest BCUT2D eigenvalue weighted by Gasteiger charge is -2.16. The van der Waals surface area contributed by atoms with Crippen molar-refractivity contribution < 1.29 is 5.11 Å². The molecule has 3 aromatic rings. The first-order valence-electron chi connectivity index (χ1n) is 9.61. The average molecular weight is 374 g/mol. The maximum Gasteiger partial charge on any atom is 0.165 e. The van der Waals surface area contributed by atoms with Gasteiger partial charge in [-0.2, -0.15) is 5.10 Å². The van der Waals surface area contributed by atoms with Crippen molar-refractivity contribution in [1.29, 1.82) is 0 Å². The van der Waals surface area contributed by atoms with Crippen molar-refractivity contribution in [1.82, 2.24) is 20.7 Å². The number of hydrogen-bond acceptors (Lipinski definition) is 7. The van der Waals surface area contributed by atoms with Gasteiger partial charge in [0.15, 0.2) is 5.82 Å². The topological polar surface area (TPSA) is 94.5 Å². The Balaban J connectivity index is 1.60. The van der Waals surface area contributed by atoms with Crippen LogP contribution in [0.2, 0.25) is 0 Å². The molecule has 7 nitrogen and oxygen atoms in total. The van der Waals surface area contributed by atoms with Crippen LogP contribution in [-0.4, -0.2) is 47.0 Å². The normalized spacial score (nSPS) is 21.1. The molecule has 1 fully saturated rings. The maximum absolute atomic E-state index is 10.5. The Hall–Kier alpha value is -3.19. The van der Waals surface area contributed by atoms with E-state index in [9.17, 15) is 5.11 Å². The minimum absolute atomic E-state index is 0.176. The Labute approximate surface area is 162 Å². The average Bonchev–Trinajstić information content (AvgIpc) is 3.42. The summed E-state index contributed by atoms with van der Waals surface area (Å²) < 4.78 is 0. The van der Waals surface area contributed by atoms with Crippen LogP contribution in [0.3, 0.4) is 0 Å². The standard InChI is InChI=1S/C21H22N6O/c28-19-6-5-13(14-10-23-24-11-14)9-17(19)21-26-18-4-2-1-3-16(18)20(27-21)25-15-7-8-22-12-15/h1-6,9-10,14-15,22,24,28H,7-8,11-12H2,(H,25,26,27)/t14?,15-/m0/s1. The predicted molar refractivity (Wildman–Crippen MR) is 111 cm³/mol. The van der Waals surface area contributed by atoms with E-state index in [0.29, 0.717) is 17.4 Å². The number of nitrogens with zero attached hydrogens (tertiary/aromatic N) is 3. The van der Waals surface area contributed by atoms with Crippen molar-refractivity contribution in [2.75, 3.05) is 25.0 Å². The van der Waals surface area contributed by atoms with E-state index in [0.717, 1.165) is 48.3 Å². The molecule has 7 heteroatoms. The lowest BCUT2D eigenvalue weighted by atomic mass is 9.98. The van der Waals surface area contributed by atoms with Crippen molar-refractivity contribution in [3.63, 3.8) is 0 Å². The second-order valence-corrected chi connectivity index (χ2v) is 7.27. The largest absolute Gasteiger partial charge is 0.507 e. The third-order valence-corrected chi connectivity index (χ3v) is 5.35. The Kier molecular flexibility index (Phi) is 4.29. The third kappa shape index (κ3) is 3.14. The van der Waals surface area contributed by atoms with Gasteiger partial charge in [-0.1, -0.05) is 18.2 Å². The number of fused-ring (bicyclic) bond motifs is 1. The summed E-state index contributed by atoms with van der Waals surface area (Å²) in [6.07, 6.45) is 2.94. The fraction of sp³-hybridized carbons (Fsp3) is 0.286. The number of para-hydroxylation sites is 1. The summed E-state index contributed by atoms with van der Waals surface area (Å²) in [5.41, 5.74) is 5.55. The summed E-state index contributed by atoms with van der Waals surface area (Å²) in [7, 11) is 0. The number of phenols is 1. The molecular formula is C21H22N6O. The van der Waals surface area contributed by atoms with Crippen LogP contribution >= 0.6 is 0 Å². The van der Waals surface area contributed by atoms with E-state index in [4.69, 9.17) is 9.97 Å². The molecule has 2 aliphatic heterocycles. The summed E-state index contributed by atoms with van der Waals surface area (Å²) in [4.78, 5) is 9.54. The van der Waals surface area contributed by atoms with Gasteiger partial charge in [-0.3, -0.25) is 0 Å². The molecule has 2 aromatic carbocycles. The molecule has 28 heavy (non-hydrogen) atoms. The SMILES string of the molecule is Oc1ccc(C2C=NNC2)cc1-c1nc(N[C@H]2CCNC2)c2ccccc2n1. The molecule has 0 aliphatic carbocycles. The smallest absolute Gasteiger partial charge is 0.165 e. The van der Waals surface area contributed by atoms with Crippen molar-refractivity contribution in [2.45, 2.75) is 18.4 Å². The van der Waals surface area contributed by atoms with Gasteiger partial charge in [-0.05, 0) is 42.8 Å². The van der Waals surface area contributed by atoms with Gasteiger partial charge in [0.1, 0.15) is 11.6 Å². The number of phenolic OH excluding ortho intramolecular Hbond substituents is 1. The summed E-state index contributed by atoms with van der Waals surface area (Å²) in [5.74, 6) is 1.69. The second kappa shape index (κ2) is 7.09. The van der Waals surface area contributed by atoms with Crippen molar-refractivity contribution >= 4 is 22.9 Å². The highest BCUT2D eigenvalue weighted by Gasteiger charge is 2.20. The Bertz CT molecular complexity index is 1040.